The van der Waals surface area contributed by atoms with Crippen LogP contribution in [0.3, 0.4) is 0 Å². The second-order valence-corrected chi connectivity index (χ2v) is 9.49. The molecule has 3 fully saturated rings. The van der Waals surface area contributed by atoms with Crippen molar-refractivity contribution in [2.24, 2.45) is 28.6 Å². The Morgan fingerprint density at radius 3 is 2.85 bits per heavy atom. The molecule has 26 heavy (non-hydrogen) atoms. The van der Waals surface area contributed by atoms with E-state index in [-0.39, 0.29) is 22.9 Å². The maximum Gasteiger partial charge on any atom is 0.306 e. The van der Waals surface area contributed by atoms with Crippen LogP contribution in [0.15, 0.2) is 30.6 Å². The molecular weight excluding hydrogens is 322 g/mol. The van der Waals surface area contributed by atoms with E-state index in [1.54, 1.807) is 0 Å². The van der Waals surface area contributed by atoms with Crippen LogP contribution in [0.5, 0.6) is 0 Å². The Morgan fingerprint density at radius 1 is 1.15 bits per heavy atom. The van der Waals surface area contributed by atoms with Crippen LogP contribution in [0.4, 0.5) is 0 Å². The number of pyridine rings is 1. The molecule has 0 bridgehead atoms. The van der Waals surface area contributed by atoms with Gasteiger partial charge in [-0.2, -0.15) is 0 Å². The molecule has 0 radical (unpaired) electrons. The first-order valence-corrected chi connectivity index (χ1v) is 10.3. The summed E-state index contributed by atoms with van der Waals surface area (Å²) in [6.45, 7) is 4.91. The summed E-state index contributed by atoms with van der Waals surface area (Å²) < 4.78 is 5.81. The van der Waals surface area contributed by atoms with Crippen molar-refractivity contribution in [3.8, 4) is 0 Å². The van der Waals surface area contributed by atoms with Crippen molar-refractivity contribution in [1.29, 1.82) is 0 Å². The summed E-state index contributed by atoms with van der Waals surface area (Å²) in [5, 5.41) is 0. The molecule has 3 nitrogen and oxygen atoms in total. The van der Waals surface area contributed by atoms with Crippen LogP contribution in [0.2, 0.25) is 0 Å². The minimum atomic E-state index is 0.0213. The van der Waals surface area contributed by atoms with E-state index in [1.807, 2.05) is 12.4 Å². The van der Waals surface area contributed by atoms with Gasteiger partial charge in [-0.3, -0.25) is 9.78 Å². The minimum absolute atomic E-state index is 0.0213. The fourth-order valence-electron chi connectivity index (χ4n) is 7.09. The van der Waals surface area contributed by atoms with E-state index in [9.17, 15) is 4.79 Å². The van der Waals surface area contributed by atoms with Crippen LogP contribution in [0.1, 0.15) is 64.4 Å². The van der Waals surface area contributed by atoms with Crippen LogP contribution >= 0.6 is 0 Å². The van der Waals surface area contributed by atoms with Gasteiger partial charge in [0.05, 0.1) is 0 Å². The second kappa shape index (κ2) is 5.68. The number of aromatic nitrogens is 1. The molecule has 5 rings (SSSR count). The number of fused-ring (bicyclic) bond motifs is 5. The predicted molar refractivity (Wildman–Crippen MR) is 101 cm³/mol. The number of ether oxygens (including phenoxy) is 1. The molecule has 5 unspecified atom stereocenters. The first kappa shape index (κ1) is 16.5. The monoisotopic (exact) mass is 351 g/mol. The Hall–Kier alpha value is -1.64. The number of hydrogen-bond donors (Lipinski definition) is 0. The highest BCUT2D eigenvalue weighted by Crippen LogP contribution is 2.65. The summed E-state index contributed by atoms with van der Waals surface area (Å²) in [6.07, 6.45) is 14.2. The normalized spacial score (nSPS) is 44.4. The minimum Gasteiger partial charge on any atom is -0.462 e. The number of carbonyl (C=O) groups is 1. The van der Waals surface area contributed by atoms with Crippen molar-refractivity contribution >= 4 is 11.5 Å². The van der Waals surface area contributed by atoms with Crippen LogP contribution in [0, 0.1) is 28.6 Å². The molecule has 1 aromatic heterocycles. The van der Waals surface area contributed by atoms with Gasteiger partial charge in [-0.05, 0) is 78.9 Å². The molecular formula is C23H29NO2. The van der Waals surface area contributed by atoms with Crippen LogP contribution in [-0.2, 0) is 9.53 Å². The summed E-state index contributed by atoms with van der Waals surface area (Å²) in [5.41, 5.74) is 3.30. The predicted octanol–water partition coefficient (Wildman–Crippen LogP) is 5.02. The highest BCUT2D eigenvalue weighted by atomic mass is 16.5. The van der Waals surface area contributed by atoms with Crippen molar-refractivity contribution in [2.45, 2.75) is 64.9 Å². The molecule has 0 spiro atoms. The van der Waals surface area contributed by atoms with Gasteiger partial charge in [0.15, 0.2) is 0 Å². The van der Waals surface area contributed by atoms with Crippen LogP contribution in [-0.4, -0.2) is 17.1 Å². The lowest BCUT2D eigenvalue weighted by Crippen LogP contribution is -2.56. The zero-order valence-corrected chi connectivity index (χ0v) is 15.9. The lowest BCUT2D eigenvalue weighted by atomic mass is 9.47. The average Bonchev–Trinajstić information content (AvgIpc) is 3.00. The molecule has 0 N–H and O–H groups in total. The number of rotatable bonds is 1. The van der Waals surface area contributed by atoms with Crippen LogP contribution in [0.25, 0.3) is 5.57 Å². The third kappa shape index (κ3) is 2.18. The standard InChI is InChI=1S/C23H29NO2/c1-22-11-9-19-16(5-8-20-23(19,2)12-10-21(25)26-20)18(22)7-6-17(22)15-4-3-13-24-14-15/h3-4,6,13-14,16,18-20H,5,7-12H2,1-2H3/t16-,18?,19?,20?,22?,23?/m0/s1. The first-order chi connectivity index (χ1) is 12.5. The van der Waals surface area contributed by atoms with Gasteiger partial charge < -0.3 is 4.74 Å². The third-order valence-corrected chi connectivity index (χ3v) is 8.48. The molecule has 3 aliphatic carbocycles. The molecule has 1 saturated heterocycles. The number of allylic oxidation sites excluding steroid dienone is 2. The van der Waals surface area contributed by atoms with E-state index in [1.165, 1.54) is 36.8 Å². The summed E-state index contributed by atoms with van der Waals surface area (Å²) in [4.78, 5) is 16.2. The quantitative estimate of drug-likeness (QED) is 0.667. The zero-order chi connectivity index (χ0) is 17.9. The molecule has 2 heterocycles. The highest BCUT2D eigenvalue weighted by molar-refractivity contribution is 5.72. The van der Waals surface area contributed by atoms with Gasteiger partial charge in [0.2, 0.25) is 0 Å². The number of esters is 1. The van der Waals surface area contributed by atoms with Crippen molar-refractivity contribution in [3.63, 3.8) is 0 Å². The maximum atomic E-state index is 11.8. The van der Waals surface area contributed by atoms with Crippen molar-refractivity contribution in [1.82, 2.24) is 4.98 Å². The molecule has 0 amide bonds. The first-order valence-electron chi connectivity index (χ1n) is 10.3. The lowest BCUT2D eigenvalue weighted by molar-refractivity contribution is -0.189. The van der Waals surface area contributed by atoms with Gasteiger partial charge in [0, 0.05) is 24.2 Å². The average molecular weight is 351 g/mol. The Kier molecular flexibility index (Phi) is 3.61. The Balaban J connectivity index is 1.45. The van der Waals surface area contributed by atoms with Gasteiger partial charge in [-0.25, -0.2) is 0 Å². The molecule has 1 aliphatic heterocycles. The van der Waals surface area contributed by atoms with E-state index in [0.717, 1.165) is 24.7 Å². The molecule has 3 heteroatoms. The van der Waals surface area contributed by atoms with Gasteiger partial charge in [-0.1, -0.05) is 26.0 Å². The van der Waals surface area contributed by atoms with E-state index in [2.05, 4.69) is 37.0 Å². The lowest BCUT2D eigenvalue weighted by Gasteiger charge is -2.59. The smallest absolute Gasteiger partial charge is 0.306 e. The number of hydrogen-bond acceptors (Lipinski definition) is 3. The molecule has 0 aromatic carbocycles. The molecule has 138 valence electrons. The van der Waals surface area contributed by atoms with Gasteiger partial charge >= 0.3 is 5.97 Å². The van der Waals surface area contributed by atoms with E-state index in [0.29, 0.717) is 12.3 Å². The summed E-state index contributed by atoms with van der Waals surface area (Å²) >= 11 is 0. The number of nitrogens with zero attached hydrogens (tertiary/aromatic N) is 1. The zero-order valence-electron chi connectivity index (χ0n) is 15.9. The summed E-state index contributed by atoms with van der Waals surface area (Å²) in [7, 11) is 0. The SMILES string of the molecule is CC12CCC3[C@@H](CCC4OC(=O)CCC43C)C1CC=C2c1cccnc1. The van der Waals surface area contributed by atoms with Crippen molar-refractivity contribution < 1.29 is 9.53 Å². The fraction of sp³-hybridized carbons (Fsp3) is 0.652. The molecule has 4 aliphatic rings. The van der Waals surface area contributed by atoms with Gasteiger partial charge in [0.1, 0.15) is 6.10 Å². The van der Waals surface area contributed by atoms with E-state index < -0.39 is 0 Å². The molecule has 1 aromatic rings. The van der Waals surface area contributed by atoms with E-state index in [4.69, 9.17) is 4.74 Å². The van der Waals surface area contributed by atoms with Crippen molar-refractivity contribution in [2.75, 3.05) is 0 Å². The summed E-state index contributed by atoms with van der Waals surface area (Å²) in [6, 6.07) is 4.28. The Bertz CT molecular complexity index is 757. The topological polar surface area (TPSA) is 39.2 Å². The highest BCUT2D eigenvalue weighted by Gasteiger charge is 2.59. The fourth-order valence-corrected chi connectivity index (χ4v) is 7.09. The van der Waals surface area contributed by atoms with Crippen LogP contribution < -0.4 is 0 Å². The molecule has 2 saturated carbocycles. The largest absolute Gasteiger partial charge is 0.462 e. The van der Waals surface area contributed by atoms with Gasteiger partial charge in [-0.15, -0.1) is 0 Å². The molecule has 6 atom stereocenters. The van der Waals surface area contributed by atoms with Gasteiger partial charge in [0.25, 0.3) is 0 Å². The van der Waals surface area contributed by atoms with Crippen molar-refractivity contribution in [3.05, 3.63) is 36.2 Å². The summed E-state index contributed by atoms with van der Waals surface area (Å²) in [5.74, 6) is 2.21. The Morgan fingerprint density at radius 2 is 2.04 bits per heavy atom. The van der Waals surface area contributed by atoms with E-state index >= 15 is 0 Å². The maximum absolute atomic E-state index is 11.8. The number of carbonyl (C=O) groups excluding carboxylic acids is 1. The Labute approximate surface area is 156 Å². The second-order valence-electron chi connectivity index (χ2n) is 9.49. The third-order valence-electron chi connectivity index (χ3n) is 8.48.